The van der Waals surface area contributed by atoms with E-state index < -0.39 is 0 Å². The zero-order valence-corrected chi connectivity index (χ0v) is 18.6. The smallest absolute Gasteiger partial charge is 0.255 e. The largest absolute Gasteiger partial charge is 0.339 e. The fraction of sp³-hybridized carbons (Fsp3) is 0.192. The molecular formula is C26H24ClN3O2. The number of carbonyl (C=O) groups excluding carboxylic acids is 1. The summed E-state index contributed by atoms with van der Waals surface area (Å²) in [6.45, 7) is 3.05. The number of carbonyl (C=O) groups is 1. The number of hydrogen-bond acceptors (Lipinski definition) is 4. The molecule has 0 spiro atoms. The van der Waals surface area contributed by atoms with Gasteiger partial charge in [0.05, 0.1) is 10.6 Å². The predicted octanol–water partition coefficient (Wildman–Crippen LogP) is 5.63. The van der Waals surface area contributed by atoms with Crippen molar-refractivity contribution in [2.24, 2.45) is 0 Å². The summed E-state index contributed by atoms with van der Waals surface area (Å²) in [5, 5.41) is 4.54. The average molecular weight is 446 g/mol. The molecule has 0 aliphatic carbocycles. The second-order valence-electron chi connectivity index (χ2n) is 7.64. The minimum Gasteiger partial charge on any atom is -0.339 e. The summed E-state index contributed by atoms with van der Waals surface area (Å²) < 4.78 is 5.45. The van der Waals surface area contributed by atoms with Gasteiger partial charge >= 0.3 is 0 Å². The Hall–Kier alpha value is -3.44. The number of aromatic nitrogens is 2. The zero-order valence-electron chi connectivity index (χ0n) is 17.9. The van der Waals surface area contributed by atoms with E-state index in [4.69, 9.17) is 16.1 Å². The molecule has 0 aliphatic rings. The maximum absolute atomic E-state index is 13.2. The van der Waals surface area contributed by atoms with Crippen LogP contribution in [0.1, 0.15) is 27.4 Å². The molecule has 4 rings (SSSR count). The average Bonchev–Trinajstić information content (AvgIpc) is 3.29. The first-order valence-corrected chi connectivity index (χ1v) is 11.0. The van der Waals surface area contributed by atoms with Crippen LogP contribution in [0.3, 0.4) is 0 Å². The molecule has 0 unspecified atom stereocenters. The molecule has 0 radical (unpaired) electrons. The third-order valence-corrected chi connectivity index (χ3v) is 5.61. The Morgan fingerprint density at radius 2 is 1.59 bits per heavy atom. The number of amides is 1. The third kappa shape index (κ3) is 5.42. The van der Waals surface area contributed by atoms with Gasteiger partial charge in [-0.25, -0.2) is 0 Å². The van der Waals surface area contributed by atoms with Crippen LogP contribution in [0.5, 0.6) is 0 Å². The molecule has 1 amide bonds. The Kier molecular flexibility index (Phi) is 6.97. The highest BCUT2D eigenvalue weighted by Crippen LogP contribution is 2.19. The van der Waals surface area contributed by atoms with Gasteiger partial charge in [0.2, 0.25) is 11.7 Å². The van der Waals surface area contributed by atoms with Gasteiger partial charge in [-0.2, -0.15) is 4.98 Å². The van der Waals surface area contributed by atoms with Crippen LogP contribution in [0.2, 0.25) is 5.02 Å². The van der Waals surface area contributed by atoms with Crippen molar-refractivity contribution in [3.8, 4) is 11.4 Å². The van der Waals surface area contributed by atoms with Gasteiger partial charge in [0, 0.05) is 25.1 Å². The van der Waals surface area contributed by atoms with Gasteiger partial charge in [-0.15, -0.1) is 0 Å². The highest BCUT2D eigenvalue weighted by Gasteiger charge is 2.19. The van der Waals surface area contributed by atoms with Crippen molar-refractivity contribution >= 4 is 17.5 Å². The first kappa shape index (κ1) is 21.8. The lowest BCUT2D eigenvalue weighted by atomic mass is 10.1. The van der Waals surface area contributed by atoms with E-state index in [0.29, 0.717) is 41.8 Å². The van der Waals surface area contributed by atoms with Crippen LogP contribution >= 0.6 is 11.6 Å². The molecule has 0 fully saturated rings. The van der Waals surface area contributed by atoms with Crippen LogP contribution in [0, 0.1) is 6.92 Å². The molecular weight excluding hydrogens is 422 g/mol. The maximum atomic E-state index is 13.2. The van der Waals surface area contributed by atoms with Gasteiger partial charge in [-0.3, -0.25) is 4.79 Å². The Bertz CT molecular complexity index is 1170. The predicted molar refractivity (Wildman–Crippen MR) is 126 cm³/mol. The molecule has 0 N–H and O–H groups in total. The van der Waals surface area contributed by atoms with Crippen LogP contribution in [0.25, 0.3) is 11.4 Å². The minimum atomic E-state index is -0.107. The molecule has 3 aromatic carbocycles. The lowest BCUT2D eigenvalue weighted by Gasteiger charge is -2.23. The normalized spacial score (nSPS) is 10.8. The molecule has 0 saturated carbocycles. The van der Waals surface area contributed by atoms with E-state index in [-0.39, 0.29) is 5.91 Å². The van der Waals surface area contributed by atoms with Crippen LogP contribution < -0.4 is 0 Å². The Morgan fingerprint density at radius 1 is 0.906 bits per heavy atom. The van der Waals surface area contributed by atoms with Crippen LogP contribution in [-0.4, -0.2) is 34.0 Å². The summed E-state index contributed by atoms with van der Waals surface area (Å²) in [6, 6.07) is 25.2. The summed E-state index contributed by atoms with van der Waals surface area (Å²) in [6.07, 6.45) is 1.21. The van der Waals surface area contributed by atoms with Crippen LogP contribution in [0.15, 0.2) is 83.4 Å². The maximum Gasteiger partial charge on any atom is 0.255 e. The van der Waals surface area contributed by atoms with Crippen molar-refractivity contribution in [1.29, 1.82) is 0 Å². The monoisotopic (exact) mass is 445 g/mol. The van der Waals surface area contributed by atoms with Crippen LogP contribution in [0.4, 0.5) is 0 Å². The summed E-state index contributed by atoms with van der Waals surface area (Å²) in [5.41, 5.74) is 3.74. The third-order valence-electron chi connectivity index (χ3n) is 5.28. The topological polar surface area (TPSA) is 59.2 Å². The van der Waals surface area contributed by atoms with E-state index in [1.807, 2.05) is 61.5 Å². The van der Waals surface area contributed by atoms with E-state index >= 15 is 0 Å². The Morgan fingerprint density at radius 3 is 2.34 bits per heavy atom. The highest BCUT2D eigenvalue weighted by molar-refractivity contribution is 6.33. The van der Waals surface area contributed by atoms with Crippen molar-refractivity contribution in [2.75, 3.05) is 13.1 Å². The summed E-state index contributed by atoms with van der Waals surface area (Å²) in [4.78, 5) is 19.5. The summed E-state index contributed by atoms with van der Waals surface area (Å²) in [5.74, 6) is 0.940. The number of benzene rings is 3. The van der Waals surface area contributed by atoms with Gasteiger partial charge in [-0.05, 0) is 31.0 Å². The molecule has 0 aliphatic heterocycles. The van der Waals surface area contributed by atoms with Gasteiger partial charge in [0.15, 0.2) is 0 Å². The van der Waals surface area contributed by atoms with E-state index in [1.165, 1.54) is 11.1 Å². The van der Waals surface area contributed by atoms with Gasteiger partial charge < -0.3 is 9.42 Å². The quantitative estimate of drug-likeness (QED) is 0.353. The standard InChI is InChI=1S/C26H24ClN3O2/c1-19-11-13-21(14-12-19)25-28-24(32-29-25)16-18-30(17-15-20-7-3-2-4-8-20)26(31)22-9-5-6-10-23(22)27/h2-14H,15-18H2,1H3. The lowest BCUT2D eigenvalue weighted by Crippen LogP contribution is -2.35. The fourth-order valence-corrected chi connectivity index (χ4v) is 3.65. The van der Waals surface area contributed by atoms with Gasteiger partial charge in [0.25, 0.3) is 5.91 Å². The summed E-state index contributed by atoms with van der Waals surface area (Å²) >= 11 is 6.29. The fourth-order valence-electron chi connectivity index (χ4n) is 3.44. The lowest BCUT2D eigenvalue weighted by molar-refractivity contribution is 0.0756. The molecule has 1 aromatic heterocycles. The second-order valence-corrected chi connectivity index (χ2v) is 8.04. The highest BCUT2D eigenvalue weighted by atomic mass is 35.5. The number of aryl methyl sites for hydroxylation is 1. The van der Waals surface area contributed by atoms with Crippen molar-refractivity contribution in [3.63, 3.8) is 0 Å². The van der Waals surface area contributed by atoms with Crippen molar-refractivity contribution < 1.29 is 9.32 Å². The molecule has 0 saturated heterocycles. The molecule has 6 heteroatoms. The zero-order chi connectivity index (χ0) is 22.3. The number of rotatable bonds is 8. The van der Waals surface area contributed by atoms with E-state index in [2.05, 4.69) is 22.3 Å². The molecule has 1 heterocycles. The number of halogens is 1. The van der Waals surface area contributed by atoms with Gasteiger partial charge in [0.1, 0.15) is 0 Å². The molecule has 0 atom stereocenters. The van der Waals surface area contributed by atoms with Gasteiger partial charge in [-0.1, -0.05) is 89.1 Å². The molecule has 32 heavy (non-hydrogen) atoms. The first-order valence-electron chi connectivity index (χ1n) is 10.6. The van der Waals surface area contributed by atoms with Crippen molar-refractivity contribution in [2.45, 2.75) is 19.8 Å². The molecule has 5 nitrogen and oxygen atoms in total. The Labute approximate surface area is 192 Å². The van der Waals surface area contributed by atoms with E-state index in [1.54, 1.807) is 17.0 Å². The summed E-state index contributed by atoms with van der Waals surface area (Å²) in [7, 11) is 0. The SMILES string of the molecule is Cc1ccc(-c2noc(CCN(CCc3ccccc3)C(=O)c3ccccc3Cl)n2)cc1. The minimum absolute atomic E-state index is 0.107. The van der Waals surface area contributed by atoms with Crippen molar-refractivity contribution in [3.05, 3.63) is 106 Å². The Balaban J connectivity index is 1.48. The van der Waals surface area contributed by atoms with E-state index in [9.17, 15) is 4.79 Å². The van der Waals surface area contributed by atoms with Crippen LogP contribution in [-0.2, 0) is 12.8 Å². The second kappa shape index (κ2) is 10.2. The molecule has 162 valence electrons. The van der Waals surface area contributed by atoms with Crippen molar-refractivity contribution in [1.82, 2.24) is 15.0 Å². The van der Waals surface area contributed by atoms with E-state index in [0.717, 1.165) is 12.0 Å². The first-order chi connectivity index (χ1) is 15.6. The number of nitrogens with zero attached hydrogens (tertiary/aromatic N) is 3. The molecule has 0 bridgehead atoms. The molecule has 4 aromatic rings. The number of hydrogen-bond donors (Lipinski definition) is 0.